The second-order valence-electron chi connectivity index (χ2n) is 3.42. The average molecular weight is 238 g/mol. The molecule has 2 N–H and O–H groups in total. The molecule has 0 aliphatic rings. The molecule has 0 fully saturated rings. The molecule has 3 heteroatoms. The Bertz CT molecular complexity index is 476. The lowest BCUT2D eigenvalue weighted by molar-refractivity contribution is 1.07. The standard InChI is InChI=1S/C12H12ClNS/c1-8-2-5-12(15-8)9-3-4-11(13)10(6-9)7-14/h2-6H,7,14H2,1H3. The van der Waals surface area contributed by atoms with E-state index in [1.165, 1.54) is 15.3 Å². The van der Waals surface area contributed by atoms with Gasteiger partial charge in [-0.25, -0.2) is 0 Å². The fourth-order valence-corrected chi connectivity index (χ4v) is 2.53. The summed E-state index contributed by atoms with van der Waals surface area (Å²) in [6.07, 6.45) is 0. The average Bonchev–Trinajstić information content (AvgIpc) is 2.66. The molecule has 2 aromatic rings. The van der Waals surface area contributed by atoms with E-state index in [1.807, 2.05) is 12.1 Å². The molecule has 15 heavy (non-hydrogen) atoms. The first-order valence-electron chi connectivity index (χ1n) is 4.76. The minimum absolute atomic E-state index is 0.483. The molecule has 0 saturated carbocycles. The van der Waals surface area contributed by atoms with Crippen molar-refractivity contribution in [2.45, 2.75) is 13.5 Å². The molecule has 0 aliphatic carbocycles. The van der Waals surface area contributed by atoms with Crippen LogP contribution in [0.2, 0.25) is 5.02 Å². The van der Waals surface area contributed by atoms with Crippen molar-refractivity contribution in [3.8, 4) is 10.4 Å². The summed E-state index contributed by atoms with van der Waals surface area (Å²) in [5.41, 5.74) is 7.81. The van der Waals surface area contributed by atoms with E-state index in [0.717, 1.165) is 10.6 Å². The summed E-state index contributed by atoms with van der Waals surface area (Å²) in [7, 11) is 0. The quantitative estimate of drug-likeness (QED) is 0.844. The van der Waals surface area contributed by atoms with Crippen LogP contribution in [0.25, 0.3) is 10.4 Å². The number of halogens is 1. The van der Waals surface area contributed by atoms with Crippen molar-refractivity contribution in [2.24, 2.45) is 5.73 Å². The Morgan fingerprint density at radius 1 is 1.27 bits per heavy atom. The van der Waals surface area contributed by atoms with E-state index in [4.69, 9.17) is 17.3 Å². The van der Waals surface area contributed by atoms with Crippen LogP contribution in [0.3, 0.4) is 0 Å². The molecule has 0 spiro atoms. The summed E-state index contributed by atoms with van der Waals surface area (Å²) < 4.78 is 0. The summed E-state index contributed by atoms with van der Waals surface area (Å²) >= 11 is 7.79. The lowest BCUT2D eigenvalue weighted by Gasteiger charge is -2.03. The van der Waals surface area contributed by atoms with Gasteiger partial charge in [-0.1, -0.05) is 17.7 Å². The van der Waals surface area contributed by atoms with E-state index in [1.54, 1.807) is 11.3 Å². The van der Waals surface area contributed by atoms with Crippen molar-refractivity contribution in [3.63, 3.8) is 0 Å². The van der Waals surface area contributed by atoms with Crippen molar-refractivity contribution >= 4 is 22.9 Å². The molecule has 0 bridgehead atoms. The molecule has 0 amide bonds. The van der Waals surface area contributed by atoms with Gasteiger partial charge in [-0.2, -0.15) is 0 Å². The smallest absolute Gasteiger partial charge is 0.0451 e. The maximum Gasteiger partial charge on any atom is 0.0451 e. The topological polar surface area (TPSA) is 26.0 Å². The lowest BCUT2D eigenvalue weighted by Crippen LogP contribution is -1.97. The SMILES string of the molecule is Cc1ccc(-c2ccc(Cl)c(CN)c2)s1. The first kappa shape index (κ1) is 10.7. The molecule has 1 aromatic heterocycles. The lowest BCUT2D eigenvalue weighted by atomic mass is 10.1. The van der Waals surface area contributed by atoms with Gasteiger partial charge in [-0.3, -0.25) is 0 Å². The maximum atomic E-state index is 6.01. The number of rotatable bonds is 2. The van der Waals surface area contributed by atoms with E-state index < -0.39 is 0 Å². The van der Waals surface area contributed by atoms with Crippen LogP contribution in [0, 0.1) is 6.92 Å². The molecule has 0 unspecified atom stereocenters. The van der Waals surface area contributed by atoms with Gasteiger partial charge in [0, 0.05) is 21.3 Å². The van der Waals surface area contributed by atoms with E-state index in [9.17, 15) is 0 Å². The van der Waals surface area contributed by atoms with Crippen LogP contribution in [-0.4, -0.2) is 0 Å². The molecular formula is C12H12ClNS. The minimum Gasteiger partial charge on any atom is -0.326 e. The highest BCUT2D eigenvalue weighted by Crippen LogP contribution is 2.30. The molecular weight excluding hydrogens is 226 g/mol. The van der Waals surface area contributed by atoms with Gasteiger partial charge in [0.05, 0.1) is 0 Å². The number of aryl methyl sites for hydroxylation is 1. The van der Waals surface area contributed by atoms with Gasteiger partial charge in [0.25, 0.3) is 0 Å². The van der Waals surface area contributed by atoms with Crippen LogP contribution in [0.15, 0.2) is 30.3 Å². The van der Waals surface area contributed by atoms with E-state index >= 15 is 0 Å². The Morgan fingerprint density at radius 3 is 2.67 bits per heavy atom. The third-order valence-electron chi connectivity index (χ3n) is 2.29. The van der Waals surface area contributed by atoms with Gasteiger partial charge in [-0.05, 0) is 42.3 Å². The minimum atomic E-state index is 0.483. The number of hydrogen-bond donors (Lipinski definition) is 1. The highest BCUT2D eigenvalue weighted by Gasteiger charge is 2.04. The fraction of sp³-hybridized carbons (Fsp3) is 0.167. The molecule has 1 heterocycles. The van der Waals surface area contributed by atoms with Crippen molar-refractivity contribution in [2.75, 3.05) is 0 Å². The van der Waals surface area contributed by atoms with Crippen molar-refractivity contribution in [1.29, 1.82) is 0 Å². The van der Waals surface area contributed by atoms with Crippen molar-refractivity contribution < 1.29 is 0 Å². The normalized spacial score (nSPS) is 10.6. The summed E-state index contributed by atoms with van der Waals surface area (Å²) in [5.74, 6) is 0. The van der Waals surface area contributed by atoms with Crippen LogP contribution in [0.1, 0.15) is 10.4 Å². The van der Waals surface area contributed by atoms with Crippen LogP contribution in [0.4, 0.5) is 0 Å². The fourth-order valence-electron chi connectivity index (χ4n) is 1.47. The Labute approximate surface area is 98.5 Å². The van der Waals surface area contributed by atoms with Crippen molar-refractivity contribution in [1.82, 2.24) is 0 Å². The first-order valence-corrected chi connectivity index (χ1v) is 5.95. The Balaban J connectivity index is 2.45. The van der Waals surface area contributed by atoms with E-state index in [2.05, 4.69) is 25.1 Å². The number of hydrogen-bond acceptors (Lipinski definition) is 2. The van der Waals surface area contributed by atoms with Gasteiger partial charge < -0.3 is 5.73 Å². The summed E-state index contributed by atoms with van der Waals surface area (Å²) in [6, 6.07) is 10.3. The van der Waals surface area contributed by atoms with Gasteiger partial charge in [-0.15, -0.1) is 11.3 Å². The number of nitrogens with two attached hydrogens (primary N) is 1. The van der Waals surface area contributed by atoms with Crippen LogP contribution in [0.5, 0.6) is 0 Å². The Hall–Kier alpha value is -0.830. The summed E-state index contributed by atoms with van der Waals surface area (Å²) in [5, 5.41) is 0.745. The molecule has 0 aliphatic heterocycles. The van der Waals surface area contributed by atoms with Gasteiger partial charge in [0.1, 0.15) is 0 Å². The maximum absolute atomic E-state index is 6.01. The third kappa shape index (κ3) is 2.23. The van der Waals surface area contributed by atoms with Gasteiger partial charge in [0.2, 0.25) is 0 Å². The second kappa shape index (κ2) is 4.35. The molecule has 78 valence electrons. The third-order valence-corrected chi connectivity index (χ3v) is 3.71. The zero-order valence-electron chi connectivity index (χ0n) is 8.46. The van der Waals surface area contributed by atoms with Crippen LogP contribution >= 0.6 is 22.9 Å². The van der Waals surface area contributed by atoms with Gasteiger partial charge in [0.15, 0.2) is 0 Å². The molecule has 2 rings (SSSR count). The van der Waals surface area contributed by atoms with Gasteiger partial charge >= 0.3 is 0 Å². The second-order valence-corrected chi connectivity index (χ2v) is 5.12. The molecule has 1 aromatic carbocycles. The first-order chi connectivity index (χ1) is 7.20. The number of benzene rings is 1. The molecule has 0 radical (unpaired) electrons. The highest BCUT2D eigenvalue weighted by atomic mass is 35.5. The molecule has 0 saturated heterocycles. The largest absolute Gasteiger partial charge is 0.326 e. The summed E-state index contributed by atoms with van der Waals surface area (Å²) in [6.45, 7) is 2.59. The Morgan fingerprint density at radius 2 is 2.07 bits per heavy atom. The van der Waals surface area contributed by atoms with E-state index in [0.29, 0.717) is 6.54 Å². The zero-order chi connectivity index (χ0) is 10.8. The summed E-state index contributed by atoms with van der Waals surface area (Å²) in [4.78, 5) is 2.58. The van der Waals surface area contributed by atoms with Crippen LogP contribution < -0.4 is 5.73 Å². The predicted molar refractivity (Wildman–Crippen MR) is 67.4 cm³/mol. The molecule has 0 atom stereocenters. The Kier molecular flexibility index (Phi) is 3.10. The molecule has 1 nitrogen and oxygen atoms in total. The monoisotopic (exact) mass is 237 g/mol. The highest BCUT2D eigenvalue weighted by molar-refractivity contribution is 7.15. The number of thiophene rings is 1. The predicted octanol–water partition coefficient (Wildman–Crippen LogP) is 3.84. The zero-order valence-corrected chi connectivity index (χ0v) is 10.0. The van der Waals surface area contributed by atoms with Crippen molar-refractivity contribution in [3.05, 3.63) is 45.8 Å². The van der Waals surface area contributed by atoms with Crippen LogP contribution in [-0.2, 0) is 6.54 Å². The van der Waals surface area contributed by atoms with E-state index in [-0.39, 0.29) is 0 Å².